The van der Waals surface area contributed by atoms with Crippen molar-refractivity contribution >= 4 is 27.7 Å². The average Bonchev–Trinajstić information content (AvgIpc) is 2.65. The van der Waals surface area contributed by atoms with Gasteiger partial charge in [-0.1, -0.05) is 31.5 Å². The van der Waals surface area contributed by atoms with E-state index in [0.717, 1.165) is 17.9 Å². The zero-order chi connectivity index (χ0) is 23.2. The molecule has 2 rings (SSSR count). The number of aryl methyl sites for hydroxylation is 2. The second-order valence-electron chi connectivity index (χ2n) is 7.05. The molecule has 1 aromatic carbocycles. The lowest BCUT2D eigenvalue weighted by Crippen LogP contribution is -2.20. The van der Waals surface area contributed by atoms with Crippen molar-refractivity contribution in [2.75, 3.05) is 11.0 Å². The number of halogens is 3. The maximum Gasteiger partial charge on any atom is 0.433 e. The van der Waals surface area contributed by atoms with Gasteiger partial charge in [-0.25, -0.2) is 13.4 Å². The fourth-order valence-electron chi connectivity index (χ4n) is 2.82. The van der Waals surface area contributed by atoms with Crippen molar-refractivity contribution in [1.82, 2.24) is 10.3 Å². The maximum atomic E-state index is 12.9. The molecule has 168 valence electrons. The van der Waals surface area contributed by atoms with E-state index in [1.54, 1.807) is 25.1 Å². The van der Waals surface area contributed by atoms with Gasteiger partial charge in [0.05, 0.1) is 11.9 Å². The van der Waals surface area contributed by atoms with E-state index in [-0.39, 0.29) is 12.2 Å². The fraction of sp³-hybridized carbons (Fsp3) is 0.333. The summed E-state index contributed by atoms with van der Waals surface area (Å²) < 4.78 is 63.7. The van der Waals surface area contributed by atoms with Crippen LogP contribution in [0.15, 0.2) is 36.4 Å². The number of sulfonamides is 1. The Hall–Kier alpha value is -2.88. The van der Waals surface area contributed by atoms with Crippen LogP contribution in [-0.2, 0) is 34.0 Å². The minimum atomic E-state index is -4.52. The van der Waals surface area contributed by atoms with E-state index in [4.69, 9.17) is 0 Å². The molecule has 2 N–H and O–H groups in total. The van der Waals surface area contributed by atoms with Gasteiger partial charge in [-0.15, -0.1) is 0 Å². The summed E-state index contributed by atoms with van der Waals surface area (Å²) in [6.07, 6.45) is 0.203. The van der Waals surface area contributed by atoms with Gasteiger partial charge in [0.15, 0.2) is 0 Å². The average molecular weight is 456 g/mol. The van der Waals surface area contributed by atoms with Crippen LogP contribution in [0.3, 0.4) is 0 Å². The molecule has 0 spiro atoms. The summed E-state index contributed by atoms with van der Waals surface area (Å²) in [7, 11) is -3.39. The molecule has 0 saturated carbocycles. The second kappa shape index (κ2) is 9.95. The first-order valence-electron chi connectivity index (χ1n) is 9.49. The third-order valence-corrected chi connectivity index (χ3v) is 4.84. The lowest BCUT2D eigenvalue weighted by molar-refractivity contribution is -0.141. The molecule has 0 aliphatic heterocycles. The molecule has 0 radical (unpaired) electrons. The predicted octanol–water partition coefficient (Wildman–Crippen LogP) is 4.06. The van der Waals surface area contributed by atoms with Crippen LogP contribution in [0.1, 0.15) is 41.4 Å². The number of hydrogen-bond donors (Lipinski definition) is 2. The van der Waals surface area contributed by atoms with E-state index < -0.39 is 27.8 Å². The number of rotatable bonds is 8. The first kappa shape index (κ1) is 24.4. The number of carbonyl (C=O) groups excluding carboxylic acids is 1. The molecule has 0 bridgehead atoms. The first-order chi connectivity index (χ1) is 14.4. The third-order valence-electron chi connectivity index (χ3n) is 4.25. The molecule has 0 atom stereocenters. The van der Waals surface area contributed by atoms with Gasteiger partial charge in [0.1, 0.15) is 5.69 Å². The number of nitrogens with zero attached hydrogens (tertiary/aromatic N) is 1. The van der Waals surface area contributed by atoms with Gasteiger partial charge < -0.3 is 5.32 Å². The normalized spacial score (nSPS) is 12.2. The molecule has 0 aliphatic rings. The number of hydrogen-bond acceptors (Lipinski definition) is 4. The lowest BCUT2D eigenvalue weighted by Gasteiger charge is -2.11. The minimum absolute atomic E-state index is 0.205. The van der Waals surface area contributed by atoms with Crippen molar-refractivity contribution in [1.29, 1.82) is 0 Å². The van der Waals surface area contributed by atoms with E-state index in [2.05, 4.69) is 15.0 Å². The largest absolute Gasteiger partial charge is 0.433 e. The molecule has 0 fully saturated rings. The Kier molecular flexibility index (Phi) is 7.83. The Labute approximate surface area is 179 Å². The van der Waals surface area contributed by atoms with Gasteiger partial charge >= 0.3 is 6.18 Å². The Morgan fingerprint density at radius 2 is 1.90 bits per heavy atom. The minimum Gasteiger partial charge on any atom is -0.348 e. The summed E-state index contributed by atoms with van der Waals surface area (Å²) in [4.78, 5) is 15.8. The summed E-state index contributed by atoms with van der Waals surface area (Å²) in [5.41, 5.74) is 1.70. The van der Waals surface area contributed by atoms with Crippen LogP contribution in [0.25, 0.3) is 6.08 Å². The van der Waals surface area contributed by atoms with Gasteiger partial charge in [0, 0.05) is 18.3 Å². The third kappa shape index (κ3) is 7.71. The van der Waals surface area contributed by atoms with E-state index in [0.29, 0.717) is 29.7 Å². The molecule has 0 saturated heterocycles. The molecular weight excluding hydrogens is 431 g/mol. The maximum absolute atomic E-state index is 12.9. The number of nitrogens with one attached hydrogen (secondary N) is 2. The Bertz CT molecular complexity index is 1080. The number of anilines is 1. The monoisotopic (exact) mass is 455 g/mol. The van der Waals surface area contributed by atoms with Crippen molar-refractivity contribution < 1.29 is 26.4 Å². The first-order valence-corrected chi connectivity index (χ1v) is 11.4. The van der Waals surface area contributed by atoms with Crippen molar-refractivity contribution in [3.63, 3.8) is 0 Å². The summed E-state index contributed by atoms with van der Waals surface area (Å²) in [5.74, 6) is -0.418. The Balaban J connectivity index is 2.05. The zero-order valence-corrected chi connectivity index (χ0v) is 18.2. The molecule has 6 nitrogen and oxygen atoms in total. The van der Waals surface area contributed by atoms with E-state index in [1.807, 2.05) is 6.92 Å². The Morgan fingerprint density at radius 3 is 2.48 bits per heavy atom. The highest BCUT2D eigenvalue weighted by molar-refractivity contribution is 7.92. The summed E-state index contributed by atoms with van der Waals surface area (Å²) in [6.45, 7) is 3.78. The van der Waals surface area contributed by atoms with Crippen LogP contribution in [0.4, 0.5) is 18.9 Å². The number of alkyl halides is 3. The van der Waals surface area contributed by atoms with Crippen LogP contribution >= 0.6 is 0 Å². The number of carbonyl (C=O) groups is 1. The number of pyridine rings is 1. The predicted molar refractivity (Wildman–Crippen MR) is 114 cm³/mol. The number of benzene rings is 1. The number of amides is 1. The summed E-state index contributed by atoms with van der Waals surface area (Å²) in [6, 6.07) is 7.24. The van der Waals surface area contributed by atoms with Crippen LogP contribution in [-0.4, -0.2) is 25.6 Å². The second-order valence-corrected chi connectivity index (χ2v) is 8.80. The highest BCUT2D eigenvalue weighted by atomic mass is 32.2. The zero-order valence-electron chi connectivity index (χ0n) is 17.4. The molecule has 1 amide bonds. The SMILES string of the molecule is CCCc1nc(C(F)(F)F)ccc1/C=C\C(=O)NCc1ccc(NS(C)(=O)=O)c(C)c1. The topological polar surface area (TPSA) is 88.2 Å². The van der Waals surface area contributed by atoms with Gasteiger partial charge in [0.25, 0.3) is 0 Å². The highest BCUT2D eigenvalue weighted by Gasteiger charge is 2.32. The standard InChI is InChI=1S/C21H24F3N3O3S/c1-4-5-18-16(7-10-19(26-18)21(22,23)24)8-11-20(28)25-13-15-6-9-17(14(2)12-15)27-31(3,29)30/h6-12,27H,4-5,13H2,1-3H3,(H,25,28)/b11-8-. The van der Waals surface area contributed by atoms with Gasteiger partial charge in [-0.2, -0.15) is 13.2 Å². The van der Waals surface area contributed by atoms with Crippen LogP contribution in [0.5, 0.6) is 0 Å². The van der Waals surface area contributed by atoms with Crippen molar-refractivity contribution in [2.45, 2.75) is 39.4 Å². The van der Waals surface area contributed by atoms with Gasteiger partial charge in [-0.05, 0) is 48.2 Å². The van der Waals surface area contributed by atoms with Crippen molar-refractivity contribution in [3.05, 3.63) is 64.5 Å². The molecule has 10 heteroatoms. The Morgan fingerprint density at radius 1 is 1.19 bits per heavy atom. The van der Waals surface area contributed by atoms with Gasteiger partial charge in [-0.3, -0.25) is 9.52 Å². The molecule has 2 aromatic rings. The van der Waals surface area contributed by atoms with E-state index in [9.17, 15) is 26.4 Å². The summed E-state index contributed by atoms with van der Waals surface area (Å²) >= 11 is 0. The quantitative estimate of drug-likeness (QED) is 0.588. The number of aromatic nitrogens is 1. The van der Waals surface area contributed by atoms with Crippen LogP contribution in [0, 0.1) is 6.92 Å². The molecule has 1 aromatic heterocycles. The highest BCUT2D eigenvalue weighted by Crippen LogP contribution is 2.28. The smallest absolute Gasteiger partial charge is 0.348 e. The van der Waals surface area contributed by atoms with Crippen LogP contribution < -0.4 is 10.0 Å². The molecular formula is C21H24F3N3O3S. The fourth-order valence-corrected chi connectivity index (χ4v) is 3.45. The van der Waals surface area contributed by atoms with E-state index >= 15 is 0 Å². The van der Waals surface area contributed by atoms with Gasteiger partial charge in [0.2, 0.25) is 15.9 Å². The van der Waals surface area contributed by atoms with Crippen LogP contribution in [0.2, 0.25) is 0 Å². The van der Waals surface area contributed by atoms with Crippen molar-refractivity contribution in [2.24, 2.45) is 0 Å². The van der Waals surface area contributed by atoms with Crippen molar-refractivity contribution in [3.8, 4) is 0 Å². The molecule has 31 heavy (non-hydrogen) atoms. The molecule has 1 heterocycles. The molecule has 0 aliphatic carbocycles. The summed E-state index contributed by atoms with van der Waals surface area (Å²) in [5, 5.41) is 2.69. The lowest BCUT2D eigenvalue weighted by atomic mass is 10.1. The molecule has 0 unspecified atom stereocenters. The van der Waals surface area contributed by atoms with E-state index in [1.165, 1.54) is 18.2 Å².